The number of nitrogens with zero attached hydrogens (tertiary/aromatic N) is 1. The van der Waals surface area contributed by atoms with Crippen molar-refractivity contribution in [2.75, 3.05) is 13.1 Å². The Kier molecular flexibility index (Phi) is 6.61. The molecular formula is C22H29N. The first kappa shape index (κ1) is 17.5. The lowest BCUT2D eigenvalue weighted by Gasteiger charge is -2.47. The van der Waals surface area contributed by atoms with Crippen molar-refractivity contribution in [3.05, 3.63) is 85.0 Å². The Bertz CT molecular complexity index is 561. The highest BCUT2D eigenvalue weighted by Gasteiger charge is 2.39. The first-order chi connectivity index (χ1) is 11.3. The average molecular weight is 307 g/mol. The topological polar surface area (TPSA) is 3.24 Å². The quantitative estimate of drug-likeness (QED) is 0.466. The Morgan fingerprint density at radius 2 is 1.83 bits per heavy atom. The van der Waals surface area contributed by atoms with Crippen LogP contribution in [-0.2, 0) is 5.54 Å². The summed E-state index contributed by atoms with van der Waals surface area (Å²) in [5.74, 6) is 0. The molecule has 0 aromatic heterocycles. The maximum absolute atomic E-state index is 4.46. The van der Waals surface area contributed by atoms with Gasteiger partial charge in [-0.25, -0.2) is 0 Å². The van der Waals surface area contributed by atoms with E-state index >= 15 is 0 Å². The fourth-order valence-corrected chi connectivity index (χ4v) is 3.57. The largest absolute Gasteiger partial charge is 0.290 e. The molecule has 1 atom stereocenters. The van der Waals surface area contributed by atoms with E-state index in [1.165, 1.54) is 24.8 Å². The number of piperidine rings is 1. The summed E-state index contributed by atoms with van der Waals surface area (Å²) in [4.78, 5) is 2.61. The van der Waals surface area contributed by atoms with Gasteiger partial charge in [-0.1, -0.05) is 73.7 Å². The third-order valence-corrected chi connectivity index (χ3v) is 4.72. The van der Waals surface area contributed by atoms with Crippen molar-refractivity contribution in [2.24, 2.45) is 0 Å². The van der Waals surface area contributed by atoms with Gasteiger partial charge in [0.05, 0.1) is 5.54 Å². The van der Waals surface area contributed by atoms with Crippen LogP contribution in [-0.4, -0.2) is 18.0 Å². The lowest BCUT2D eigenvalue weighted by molar-refractivity contribution is 0.0982. The molecule has 1 unspecified atom stereocenters. The summed E-state index contributed by atoms with van der Waals surface area (Å²) in [7, 11) is 0. The molecule has 23 heavy (non-hydrogen) atoms. The molecule has 0 saturated carbocycles. The van der Waals surface area contributed by atoms with Gasteiger partial charge in [-0.15, -0.1) is 6.58 Å². The first-order valence-corrected chi connectivity index (χ1v) is 8.66. The molecule has 1 nitrogen and oxygen atoms in total. The SMILES string of the molecule is C=CCC(C(=C)/C=C\C=C/C)(c1ccccc1)N1CCCCC1. The molecule has 1 aliphatic heterocycles. The molecule has 0 aliphatic carbocycles. The van der Waals surface area contributed by atoms with Crippen molar-refractivity contribution in [3.63, 3.8) is 0 Å². The second-order valence-electron chi connectivity index (χ2n) is 6.18. The van der Waals surface area contributed by atoms with Crippen LogP contribution >= 0.6 is 0 Å². The molecule has 122 valence electrons. The minimum absolute atomic E-state index is 0.179. The lowest BCUT2D eigenvalue weighted by Crippen LogP contribution is -2.49. The van der Waals surface area contributed by atoms with Gasteiger partial charge in [0.15, 0.2) is 0 Å². The van der Waals surface area contributed by atoms with E-state index in [2.05, 4.69) is 66.6 Å². The van der Waals surface area contributed by atoms with Gasteiger partial charge in [0, 0.05) is 0 Å². The lowest BCUT2D eigenvalue weighted by atomic mass is 9.77. The summed E-state index contributed by atoms with van der Waals surface area (Å²) in [5, 5.41) is 0. The van der Waals surface area contributed by atoms with Crippen molar-refractivity contribution in [1.82, 2.24) is 4.90 Å². The molecule has 1 heteroatoms. The van der Waals surface area contributed by atoms with Gasteiger partial charge in [0.2, 0.25) is 0 Å². The van der Waals surface area contributed by atoms with E-state index in [0.29, 0.717) is 0 Å². The fourth-order valence-electron chi connectivity index (χ4n) is 3.57. The van der Waals surface area contributed by atoms with Gasteiger partial charge in [-0.3, -0.25) is 4.90 Å². The molecule has 1 saturated heterocycles. The number of hydrogen-bond acceptors (Lipinski definition) is 1. The molecule has 1 aromatic rings. The number of rotatable bonds is 7. The number of hydrogen-bond donors (Lipinski definition) is 0. The molecule has 1 aliphatic rings. The van der Waals surface area contributed by atoms with Crippen LogP contribution in [0.3, 0.4) is 0 Å². The van der Waals surface area contributed by atoms with Crippen LogP contribution in [0.2, 0.25) is 0 Å². The van der Waals surface area contributed by atoms with Crippen molar-refractivity contribution >= 4 is 0 Å². The summed E-state index contributed by atoms with van der Waals surface area (Å²) in [6, 6.07) is 10.8. The standard InChI is InChI=1S/C22H29N/c1-4-6-9-14-20(3)22(17-5-2,21-15-10-7-11-16-21)23-18-12-8-13-19-23/h4-7,9-11,14-16H,2-3,8,12-13,17-19H2,1H3/b6-4-,14-9-. The normalized spacial score (nSPS) is 19.0. The number of benzene rings is 1. The third-order valence-electron chi connectivity index (χ3n) is 4.72. The van der Waals surface area contributed by atoms with E-state index in [0.717, 1.165) is 25.1 Å². The molecule has 0 radical (unpaired) electrons. The highest BCUT2D eigenvalue weighted by molar-refractivity contribution is 5.41. The van der Waals surface area contributed by atoms with E-state index in [1.54, 1.807) is 0 Å². The second-order valence-corrected chi connectivity index (χ2v) is 6.18. The van der Waals surface area contributed by atoms with Crippen LogP contribution in [0, 0.1) is 0 Å². The predicted octanol–water partition coefficient (Wildman–Crippen LogP) is 5.63. The Morgan fingerprint density at radius 3 is 2.43 bits per heavy atom. The minimum atomic E-state index is -0.179. The highest BCUT2D eigenvalue weighted by atomic mass is 15.2. The molecule has 0 spiro atoms. The Morgan fingerprint density at radius 1 is 1.13 bits per heavy atom. The maximum atomic E-state index is 4.46. The van der Waals surface area contributed by atoms with E-state index < -0.39 is 0 Å². The number of likely N-dealkylation sites (tertiary alicyclic amines) is 1. The molecular weight excluding hydrogens is 278 g/mol. The smallest absolute Gasteiger partial charge is 0.0744 e. The molecule has 0 amide bonds. The van der Waals surface area contributed by atoms with Crippen LogP contribution in [0.1, 0.15) is 38.2 Å². The molecule has 0 bridgehead atoms. The minimum Gasteiger partial charge on any atom is -0.290 e. The van der Waals surface area contributed by atoms with E-state index in [-0.39, 0.29) is 5.54 Å². The zero-order valence-electron chi connectivity index (χ0n) is 14.4. The van der Waals surface area contributed by atoms with Gasteiger partial charge in [0.1, 0.15) is 0 Å². The highest BCUT2D eigenvalue weighted by Crippen LogP contribution is 2.41. The molecule has 1 aromatic carbocycles. The van der Waals surface area contributed by atoms with Gasteiger partial charge in [0.25, 0.3) is 0 Å². The summed E-state index contributed by atoms with van der Waals surface area (Å²) in [6.07, 6.45) is 15.1. The van der Waals surface area contributed by atoms with Crippen molar-refractivity contribution in [2.45, 2.75) is 38.1 Å². The van der Waals surface area contributed by atoms with Crippen LogP contribution in [0.5, 0.6) is 0 Å². The Hall–Kier alpha value is -1.86. The Labute approximate surface area is 141 Å². The number of allylic oxidation sites excluding steroid dienone is 3. The average Bonchev–Trinajstić information content (AvgIpc) is 2.61. The first-order valence-electron chi connectivity index (χ1n) is 8.66. The summed E-state index contributed by atoms with van der Waals surface area (Å²) < 4.78 is 0. The molecule has 0 N–H and O–H groups in total. The van der Waals surface area contributed by atoms with Crippen LogP contribution < -0.4 is 0 Å². The van der Waals surface area contributed by atoms with Crippen LogP contribution in [0.15, 0.2) is 79.4 Å². The van der Waals surface area contributed by atoms with Crippen molar-refractivity contribution in [1.29, 1.82) is 0 Å². The van der Waals surface area contributed by atoms with Crippen molar-refractivity contribution in [3.8, 4) is 0 Å². The van der Waals surface area contributed by atoms with Gasteiger partial charge in [-0.05, 0) is 50.4 Å². The van der Waals surface area contributed by atoms with E-state index in [9.17, 15) is 0 Å². The third kappa shape index (κ3) is 3.92. The van der Waals surface area contributed by atoms with Crippen LogP contribution in [0.4, 0.5) is 0 Å². The van der Waals surface area contributed by atoms with Gasteiger partial charge in [-0.2, -0.15) is 0 Å². The summed E-state index contributed by atoms with van der Waals surface area (Å²) in [6.45, 7) is 12.8. The Balaban J connectivity index is 2.49. The van der Waals surface area contributed by atoms with Gasteiger partial charge < -0.3 is 0 Å². The molecule has 1 heterocycles. The zero-order valence-corrected chi connectivity index (χ0v) is 14.4. The predicted molar refractivity (Wildman–Crippen MR) is 101 cm³/mol. The second kappa shape index (κ2) is 8.69. The molecule has 1 fully saturated rings. The maximum Gasteiger partial charge on any atom is 0.0744 e. The fraction of sp³-hybridized carbons (Fsp3) is 0.364. The summed E-state index contributed by atoms with van der Waals surface area (Å²) in [5.41, 5.74) is 2.28. The summed E-state index contributed by atoms with van der Waals surface area (Å²) >= 11 is 0. The monoisotopic (exact) mass is 307 g/mol. The van der Waals surface area contributed by atoms with Gasteiger partial charge >= 0.3 is 0 Å². The van der Waals surface area contributed by atoms with Crippen LogP contribution in [0.25, 0.3) is 0 Å². The van der Waals surface area contributed by atoms with Crippen molar-refractivity contribution < 1.29 is 0 Å². The zero-order chi connectivity index (χ0) is 16.5. The molecule has 2 rings (SSSR count). The van der Waals surface area contributed by atoms with E-state index in [1.807, 2.05) is 19.1 Å². The van der Waals surface area contributed by atoms with E-state index in [4.69, 9.17) is 0 Å².